The van der Waals surface area contributed by atoms with Crippen LogP contribution in [0.15, 0.2) is 6.07 Å². The molecule has 1 aromatic heterocycles. The summed E-state index contributed by atoms with van der Waals surface area (Å²) in [5.74, 6) is 2.71. The third kappa shape index (κ3) is 4.21. The van der Waals surface area contributed by atoms with Crippen LogP contribution in [0.3, 0.4) is 0 Å². The summed E-state index contributed by atoms with van der Waals surface area (Å²) in [6.45, 7) is 13.7. The SMILES string of the molecule is CCC(CC)C(=O)N1CCN(c2cc(C)nc(C(C)C)n2)CC1. The molecule has 2 heterocycles. The molecule has 0 unspecified atom stereocenters. The van der Waals surface area contributed by atoms with Gasteiger partial charge in [-0.15, -0.1) is 0 Å². The van der Waals surface area contributed by atoms with Gasteiger partial charge in [0.25, 0.3) is 0 Å². The van der Waals surface area contributed by atoms with Gasteiger partial charge < -0.3 is 9.80 Å². The van der Waals surface area contributed by atoms with Gasteiger partial charge in [0.2, 0.25) is 5.91 Å². The number of carbonyl (C=O) groups is 1. The molecule has 128 valence electrons. The lowest BCUT2D eigenvalue weighted by Crippen LogP contribution is -2.50. The highest BCUT2D eigenvalue weighted by Gasteiger charge is 2.26. The molecule has 0 radical (unpaired) electrons. The second-order valence-electron chi connectivity index (χ2n) is 6.71. The van der Waals surface area contributed by atoms with E-state index in [9.17, 15) is 4.79 Å². The minimum absolute atomic E-state index is 0.176. The number of piperazine rings is 1. The second-order valence-corrected chi connectivity index (χ2v) is 6.71. The molecule has 0 bridgehead atoms. The lowest BCUT2D eigenvalue weighted by Gasteiger charge is -2.37. The molecule has 1 aliphatic rings. The van der Waals surface area contributed by atoms with Gasteiger partial charge in [-0.1, -0.05) is 27.7 Å². The van der Waals surface area contributed by atoms with Crippen LogP contribution in [0.25, 0.3) is 0 Å². The van der Waals surface area contributed by atoms with Crippen molar-refractivity contribution in [1.82, 2.24) is 14.9 Å². The summed E-state index contributed by atoms with van der Waals surface area (Å²) in [7, 11) is 0. The molecule has 0 spiro atoms. The first-order valence-corrected chi connectivity index (χ1v) is 8.85. The van der Waals surface area contributed by atoms with Gasteiger partial charge in [-0.2, -0.15) is 0 Å². The maximum Gasteiger partial charge on any atom is 0.225 e. The Kier molecular flexibility index (Phi) is 5.97. The monoisotopic (exact) mass is 318 g/mol. The van der Waals surface area contributed by atoms with Gasteiger partial charge in [0, 0.05) is 49.8 Å². The van der Waals surface area contributed by atoms with E-state index in [1.807, 2.05) is 17.9 Å². The second kappa shape index (κ2) is 7.75. The van der Waals surface area contributed by atoms with Crippen molar-refractivity contribution < 1.29 is 4.79 Å². The molecule has 0 N–H and O–H groups in total. The highest BCUT2D eigenvalue weighted by atomic mass is 16.2. The van der Waals surface area contributed by atoms with E-state index in [1.54, 1.807) is 0 Å². The van der Waals surface area contributed by atoms with Crippen molar-refractivity contribution in [3.8, 4) is 0 Å². The number of rotatable bonds is 5. The fourth-order valence-electron chi connectivity index (χ4n) is 3.05. The molecule has 1 saturated heterocycles. The molecule has 1 aromatic rings. The topological polar surface area (TPSA) is 49.3 Å². The Balaban J connectivity index is 2.03. The molecule has 5 nitrogen and oxygen atoms in total. The molecule has 1 aliphatic heterocycles. The molecule has 1 amide bonds. The third-order valence-corrected chi connectivity index (χ3v) is 4.62. The molecule has 0 atom stereocenters. The van der Waals surface area contributed by atoms with Gasteiger partial charge >= 0.3 is 0 Å². The standard InChI is InChI=1S/C18H30N4O/c1-6-15(7-2)18(23)22-10-8-21(9-11-22)16-12-14(5)19-17(20-16)13(3)4/h12-13,15H,6-11H2,1-5H3. The van der Waals surface area contributed by atoms with Crippen LogP contribution < -0.4 is 4.90 Å². The summed E-state index contributed by atoms with van der Waals surface area (Å²) in [5.41, 5.74) is 1.01. The summed E-state index contributed by atoms with van der Waals surface area (Å²) < 4.78 is 0. The zero-order valence-electron chi connectivity index (χ0n) is 15.2. The quantitative estimate of drug-likeness (QED) is 0.837. The maximum atomic E-state index is 12.5. The molecular weight excluding hydrogens is 288 g/mol. The van der Waals surface area contributed by atoms with Crippen LogP contribution in [0.5, 0.6) is 0 Å². The molecule has 0 aromatic carbocycles. The van der Waals surface area contributed by atoms with Crippen molar-refractivity contribution in [2.45, 2.75) is 53.4 Å². The van der Waals surface area contributed by atoms with Crippen molar-refractivity contribution in [3.05, 3.63) is 17.6 Å². The predicted octanol–water partition coefficient (Wildman–Crippen LogP) is 2.99. The van der Waals surface area contributed by atoms with Crippen LogP contribution in [0.4, 0.5) is 5.82 Å². The molecule has 0 saturated carbocycles. The molecule has 23 heavy (non-hydrogen) atoms. The number of amides is 1. The van der Waals surface area contributed by atoms with E-state index in [0.29, 0.717) is 11.8 Å². The van der Waals surface area contributed by atoms with Gasteiger partial charge in [0.15, 0.2) is 0 Å². The first kappa shape index (κ1) is 17.7. The van der Waals surface area contributed by atoms with E-state index < -0.39 is 0 Å². The smallest absolute Gasteiger partial charge is 0.225 e. The highest BCUT2D eigenvalue weighted by Crippen LogP contribution is 2.20. The minimum atomic E-state index is 0.176. The molecule has 0 aliphatic carbocycles. The minimum Gasteiger partial charge on any atom is -0.353 e. The van der Waals surface area contributed by atoms with E-state index >= 15 is 0 Å². The van der Waals surface area contributed by atoms with E-state index in [2.05, 4.69) is 37.6 Å². The number of aryl methyl sites for hydroxylation is 1. The maximum absolute atomic E-state index is 12.5. The summed E-state index contributed by atoms with van der Waals surface area (Å²) in [5, 5.41) is 0. The van der Waals surface area contributed by atoms with Crippen molar-refractivity contribution in [3.63, 3.8) is 0 Å². The first-order chi connectivity index (χ1) is 11.0. The van der Waals surface area contributed by atoms with Crippen LogP contribution in [-0.2, 0) is 4.79 Å². The average molecular weight is 318 g/mol. The van der Waals surface area contributed by atoms with E-state index in [1.165, 1.54) is 0 Å². The average Bonchev–Trinajstić information content (AvgIpc) is 2.55. The summed E-state index contributed by atoms with van der Waals surface area (Å²) >= 11 is 0. The number of hydrogen-bond donors (Lipinski definition) is 0. The fraction of sp³-hybridized carbons (Fsp3) is 0.722. The van der Waals surface area contributed by atoms with E-state index in [4.69, 9.17) is 4.98 Å². The summed E-state index contributed by atoms with van der Waals surface area (Å²) in [6.07, 6.45) is 1.86. The lowest BCUT2D eigenvalue weighted by molar-refractivity contribution is -0.136. The number of nitrogens with zero attached hydrogens (tertiary/aromatic N) is 4. The number of aromatic nitrogens is 2. The van der Waals surface area contributed by atoms with Crippen molar-refractivity contribution in [2.75, 3.05) is 31.1 Å². The molecule has 5 heteroatoms. The third-order valence-electron chi connectivity index (χ3n) is 4.62. The van der Waals surface area contributed by atoms with Crippen molar-refractivity contribution in [2.24, 2.45) is 5.92 Å². The predicted molar refractivity (Wildman–Crippen MR) is 93.7 cm³/mol. The molecule has 2 rings (SSSR count). The Labute approximate surface area is 140 Å². The summed E-state index contributed by atoms with van der Waals surface area (Å²) in [4.78, 5) is 26.0. The lowest BCUT2D eigenvalue weighted by atomic mass is 10.0. The van der Waals surface area contributed by atoms with Crippen LogP contribution in [-0.4, -0.2) is 47.0 Å². The van der Waals surface area contributed by atoms with Gasteiger partial charge in [0.05, 0.1) is 0 Å². The van der Waals surface area contributed by atoms with Crippen LogP contribution in [0.2, 0.25) is 0 Å². The molecule has 1 fully saturated rings. The van der Waals surface area contributed by atoms with Crippen LogP contribution in [0.1, 0.15) is 58.0 Å². The summed E-state index contributed by atoms with van der Waals surface area (Å²) in [6, 6.07) is 2.05. The van der Waals surface area contributed by atoms with Gasteiger partial charge in [-0.25, -0.2) is 9.97 Å². The Hall–Kier alpha value is -1.65. The number of hydrogen-bond acceptors (Lipinski definition) is 4. The fourth-order valence-corrected chi connectivity index (χ4v) is 3.05. The zero-order valence-corrected chi connectivity index (χ0v) is 15.2. The van der Waals surface area contributed by atoms with E-state index in [-0.39, 0.29) is 5.92 Å². The Bertz CT molecular complexity index is 532. The highest BCUT2D eigenvalue weighted by molar-refractivity contribution is 5.79. The van der Waals surface area contributed by atoms with Gasteiger partial charge in [-0.05, 0) is 19.8 Å². The number of anilines is 1. The van der Waals surface area contributed by atoms with Crippen LogP contribution >= 0.6 is 0 Å². The molecular formula is C18H30N4O. The Morgan fingerprint density at radius 3 is 2.26 bits per heavy atom. The van der Waals surface area contributed by atoms with Gasteiger partial charge in [-0.3, -0.25) is 4.79 Å². The van der Waals surface area contributed by atoms with Gasteiger partial charge in [0.1, 0.15) is 11.6 Å². The van der Waals surface area contributed by atoms with Crippen molar-refractivity contribution >= 4 is 11.7 Å². The zero-order chi connectivity index (χ0) is 17.0. The first-order valence-electron chi connectivity index (χ1n) is 8.85. The largest absolute Gasteiger partial charge is 0.353 e. The Morgan fingerprint density at radius 2 is 1.74 bits per heavy atom. The Morgan fingerprint density at radius 1 is 1.13 bits per heavy atom. The van der Waals surface area contributed by atoms with Crippen molar-refractivity contribution in [1.29, 1.82) is 0 Å². The van der Waals surface area contributed by atoms with E-state index in [0.717, 1.165) is 56.4 Å². The normalized spacial score (nSPS) is 15.6. The number of carbonyl (C=O) groups excluding carboxylic acids is 1. The van der Waals surface area contributed by atoms with Crippen LogP contribution in [0, 0.1) is 12.8 Å².